The fourth-order valence-corrected chi connectivity index (χ4v) is 2.36. The molecule has 0 saturated heterocycles. The molecule has 118 valence electrons. The molecule has 0 saturated carbocycles. The van der Waals surface area contributed by atoms with Gasteiger partial charge < -0.3 is 5.32 Å². The smallest absolute Gasteiger partial charge is 0.247 e. The first-order valence-electron chi connectivity index (χ1n) is 6.48. The lowest BCUT2D eigenvalue weighted by Gasteiger charge is -2.08. The van der Waals surface area contributed by atoms with Crippen molar-refractivity contribution < 1.29 is 13.2 Å². The van der Waals surface area contributed by atoms with Gasteiger partial charge in [-0.2, -0.15) is 9.90 Å². The lowest BCUT2D eigenvalue weighted by molar-refractivity contribution is -0.117. The van der Waals surface area contributed by atoms with Gasteiger partial charge in [0.05, 0.1) is 12.5 Å². The third kappa shape index (κ3) is 4.55. The number of amides is 1. The maximum absolute atomic E-state index is 12.0. The van der Waals surface area contributed by atoms with Crippen LogP contribution >= 0.6 is 0 Å². The zero-order chi connectivity index (χ0) is 16.3. The number of aromatic nitrogens is 3. The highest BCUT2D eigenvalue weighted by atomic mass is 32.2. The van der Waals surface area contributed by atoms with Crippen molar-refractivity contribution in [2.24, 2.45) is 0 Å². The molecule has 2 aromatic rings. The van der Waals surface area contributed by atoms with Crippen LogP contribution in [0.3, 0.4) is 0 Å². The Hall–Kier alpha value is -2.42. The van der Waals surface area contributed by atoms with Gasteiger partial charge in [-0.05, 0) is 25.5 Å². The van der Waals surface area contributed by atoms with Gasteiger partial charge in [0.25, 0.3) is 0 Å². The Morgan fingerprint density at radius 2 is 2.05 bits per heavy atom. The van der Waals surface area contributed by atoms with E-state index in [0.29, 0.717) is 0 Å². The van der Waals surface area contributed by atoms with Gasteiger partial charge in [0.1, 0.15) is 6.54 Å². The molecule has 1 heterocycles. The summed E-state index contributed by atoms with van der Waals surface area (Å²) < 4.78 is 24.3. The number of nitrogens with zero attached hydrogens (tertiary/aromatic N) is 3. The normalized spacial score (nSPS) is 11.2. The van der Waals surface area contributed by atoms with Gasteiger partial charge in [0, 0.05) is 5.69 Å². The highest BCUT2D eigenvalue weighted by molar-refractivity contribution is 7.92. The van der Waals surface area contributed by atoms with Crippen molar-refractivity contribution in [3.63, 3.8) is 0 Å². The van der Waals surface area contributed by atoms with Crippen LogP contribution < -0.4 is 10.0 Å². The van der Waals surface area contributed by atoms with E-state index in [-0.39, 0.29) is 18.3 Å². The molecule has 9 heteroatoms. The molecule has 1 aromatic heterocycles. The molecule has 0 bridgehead atoms. The fraction of sp³-hybridized carbons (Fsp3) is 0.308. The van der Waals surface area contributed by atoms with E-state index in [1.807, 2.05) is 32.0 Å². The second kappa shape index (κ2) is 6.14. The summed E-state index contributed by atoms with van der Waals surface area (Å²) in [5, 5.41) is 10.5. The Labute approximate surface area is 128 Å². The summed E-state index contributed by atoms with van der Waals surface area (Å²) in [4.78, 5) is 13.1. The summed E-state index contributed by atoms with van der Waals surface area (Å²) >= 11 is 0. The number of aryl methyl sites for hydroxylation is 2. The maximum atomic E-state index is 12.0. The Morgan fingerprint density at radius 3 is 2.68 bits per heavy atom. The van der Waals surface area contributed by atoms with E-state index in [1.54, 1.807) is 0 Å². The molecule has 1 aromatic carbocycles. The van der Waals surface area contributed by atoms with Crippen LogP contribution in [0.25, 0.3) is 0 Å². The van der Waals surface area contributed by atoms with Crippen molar-refractivity contribution in [3.8, 4) is 0 Å². The topological polar surface area (TPSA) is 106 Å². The minimum absolute atomic E-state index is 0.0711. The van der Waals surface area contributed by atoms with Gasteiger partial charge in [-0.25, -0.2) is 8.42 Å². The van der Waals surface area contributed by atoms with Crippen molar-refractivity contribution >= 4 is 27.4 Å². The molecule has 0 aliphatic carbocycles. The van der Waals surface area contributed by atoms with E-state index >= 15 is 0 Å². The Balaban J connectivity index is 2.00. The quantitative estimate of drug-likeness (QED) is 0.850. The molecule has 8 nitrogen and oxygen atoms in total. The van der Waals surface area contributed by atoms with E-state index in [1.165, 1.54) is 6.20 Å². The standard InChI is InChI=1S/C13H17N5O3S/c1-9-4-5-11(10(2)6-9)15-13(19)8-18-14-7-12(16-18)17-22(3,20)21/h4-7H,8H2,1-3H3,(H,15,19)(H,16,17). The number of hydrogen-bond acceptors (Lipinski definition) is 5. The number of carbonyl (C=O) groups excluding carboxylic acids is 1. The average Bonchev–Trinajstić information content (AvgIpc) is 2.77. The minimum atomic E-state index is -3.42. The van der Waals surface area contributed by atoms with Gasteiger partial charge in [-0.3, -0.25) is 9.52 Å². The third-order valence-corrected chi connectivity index (χ3v) is 3.35. The summed E-state index contributed by atoms with van der Waals surface area (Å²) in [5.41, 5.74) is 2.79. The van der Waals surface area contributed by atoms with Crippen LogP contribution in [-0.4, -0.2) is 35.6 Å². The van der Waals surface area contributed by atoms with Crippen LogP contribution in [0.1, 0.15) is 11.1 Å². The monoisotopic (exact) mass is 323 g/mol. The van der Waals surface area contributed by atoms with Crippen molar-refractivity contribution in [2.45, 2.75) is 20.4 Å². The molecule has 22 heavy (non-hydrogen) atoms. The van der Waals surface area contributed by atoms with Crippen molar-refractivity contribution in [2.75, 3.05) is 16.3 Å². The van der Waals surface area contributed by atoms with Crippen LogP contribution in [0, 0.1) is 13.8 Å². The summed E-state index contributed by atoms with van der Waals surface area (Å²) in [6, 6.07) is 5.70. The Bertz CT molecular complexity index is 798. The molecule has 0 atom stereocenters. The molecule has 0 aliphatic rings. The minimum Gasteiger partial charge on any atom is -0.324 e. The second-order valence-corrected chi connectivity index (χ2v) is 6.75. The number of hydrogen-bond donors (Lipinski definition) is 2. The van der Waals surface area contributed by atoms with Gasteiger partial charge in [-0.1, -0.05) is 17.7 Å². The van der Waals surface area contributed by atoms with Crippen LogP contribution in [0.2, 0.25) is 0 Å². The van der Waals surface area contributed by atoms with Crippen LogP contribution in [0.15, 0.2) is 24.4 Å². The van der Waals surface area contributed by atoms with Crippen molar-refractivity contribution in [1.82, 2.24) is 15.0 Å². The lowest BCUT2D eigenvalue weighted by Crippen LogP contribution is -2.21. The van der Waals surface area contributed by atoms with Gasteiger partial charge in [-0.15, -0.1) is 5.10 Å². The predicted octanol–water partition coefficient (Wildman–Crippen LogP) is 0.905. The SMILES string of the molecule is Cc1ccc(NC(=O)Cn2ncc(NS(C)(=O)=O)n2)c(C)c1. The van der Waals surface area contributed by atoms with Crippen molar-refractivity contribution in [3.05, 3.63) is 35.5 Å². The fourth-order valence-electron chi connectivity index (χ4n) is 1.88. The third-order valence-electron chi connectivity index (χ3n) is 2.77. The zero-order valence-corrected chi connectivity index (χ0v) is 13.3. The van der Waals surface area contributed by atoms with Gasteiger partial charge in [0.2, 0.25) is 15.9 Å². The number of anilines is 2. The first-order valence-corrected chi connectivity index (χ1v) is 8.37. The second-order valence-electron chi connectivity index (χ2n) is 5.00. The summed E-state index contributed by atoms with van der Waals surface area (Å²) in [6.45, 7) is 3.77. The number of benzene rings is 1. The first kappa shape index (κ1) is 16.0. The molecule has 0 spiro atoms. The Kier molecular flexibility index (Phi) is 4.45. The molecule has 0 aliphatic heterocycles. The van der Waals surface area contributed by atoms with Crippen LogP contribution in [-0.2, 0) is 21.4 Å². The number of carbonyl (C=O) groups is 1. The van der Waals surface area contributed by atoms with Gasteiger partial charge >= 0.3 is 0 Å². The maximum Gasteiger partial charge on any atom is 0.247 e. The van der Waals surface area contributed by atoms with Crippen LogP contribution in [0.4, 0.5) is 11.5 Å². The highest BCUT2D eigenvalue weighted by Crippen LogP contribution is 2.15. The lowest BCUT2D eigenvalue weighted by atomic mass is 10.1. The summed E-state index contributed by atoms with van der Waals surface area (Å²) in [7, 11) is -3.42. The molecule has 0 radical (unpaired) electrons. The molecule has 0 fully saturated rings. The zero-order valence-electron chi connectivity index (χ0n) is 12.5. The largest absolute Gasteiger partial charge is 0.324 e. The Morgan fingerprint density at radius 1 is 1.32 bits per heavy atom. The van der Waals surface area contributed by atoms with Crippen LogP contribution in [0.5, 0.6) is 0 Å². The van der Waals surface area contributed by atoms with Crippen molar-refractivity contribution in [1.29, 1.82) is 0 Å². The molecular weight excluding hydrogens is 306 g/mol. The number of rotatable bonds is 5. The highest BCUT2D eigenvalue weighted by Gasteiger charge is 2.10. The summed E-state index contributed by atoms with van der Waals surface area (Å²) in [6.07, 6.45) is 2.25. The molecule has 1 amide bonds. The average molecular weight is 323 g/mol. The molecule has 2 rings (SSSR count). The predicted molar refractivity (Wildman–Crippen MR) is 83.0 cm³/mol. The van der Waals surface area contributed by atoms with E-state index in [4.69, 9.17) is 0 Å². The van der Waals surface area contributed by atoms with E-state index in [0.717, 1.165) is 27.9 Å². The molecule has 0 unspecified atom stereocenters. The number of nitrogens with one attached hydrogen (secondary N) is 2. The summed E-state index contributed by atoms with van der Waals surface area (Å²) in [5.74, 6) is -0.227. The van der Waals surface area contributed by atoms with Gasteiger partial charge in [0.15, 0.2) is 5.82 Å². The first-order chi connectivity index (χ1) is 10.2. The molecule has 2 N–H and O–H groups in total. The van der Waals surface area contributed by atoms with E-state index in [9.17, 15) is 13.2 Å². The number of sulfonamides is 1. The van der Waals surface area contributed by atoms with E-state index in [2.05, 4.69) is 20.2 Å². The molecular formula is C13H17N5O3S. The van der Waals surface area contributed by atoms with E-state index < -0.39 is 10.0 Å².